The van der Waals surface area contributed by atoms with Crippen LogP contribution in [-0.2, 0) is 4.79 Å². The summed E-state index contributed by atoms with van der Waals surface area (Å²) in [4.78, 5) is 12.5. The van der Waals surface area contributed by atoms with Gasteiger partial charge in [0.15, 0.2) is 0 Å². The lowest BCUT2D eigenvalue weighted by molar-refractivity contribution is -0.121. The summed E-state index contributed by atoms with van der Waals surface area (Å²) in [6, 6.07) is 20.2. The molecular weight excluding hydrogens is 338 g/mol. The SMILES string of the molecule is Cc1nnc(C(CC(=O)NCCC(C)c2ccccc2)c2ccccc2)o1. The first-order chi connectivity index (χ1) is 13.1. The molecule has 0 bridgehead atoms. The van der Waals surface area contributed by atoms with Gasteiger partial charge in [-0.3, -0.25) is 4.79 Å². The molecule has 0 aliphatic rings. The van der Waals surface area contributed by atoms with Crippen LogP contribution in [-0.4, -0.2) is 22.6 Å². The van der Waals surface area contributed by atoms with E-state index in [4.69, 9.17) is 4.42 Å². The summed E-state index contributed by atoms with van der Waals surface area (Å²) in [5.41, 5.74) is 2.28. The molecule has 0 aliphatic heterocycles. The number of hydrogen-bond donors (Lipinski definition) is 1. The monoisotopic (exact) mass is 363 g/mol. The Hall–Kier alpha value is -2.95. The van der Waals surface area contributed by atoms with Gasteiger partial charge in [-0.25, -0.2) is 0 Å². The second kappa shape index (κ2) is 9.12. The van der Waals surface area contributed by atoms with E-state index < -0.39 is 0 Å². The molecule has 2 aromatic carbocycles. The molecule has 5 nitrogen and oxygen atoms in total. The highest BCUT2D eigenvalue weighted by molar-refractivity contribution is 5.77. The van der Waals surface area contributed by atoms with Gasteiger partial charge in [0.05, 0.1) is 5.92 Å². The van der Waals surface area contributed by atoms with Gasteiger partial charge in [0, 0.05) is 19.9 Å². The van der Waals surface area contributed by atoms with Gasteiger partial charge < -0.3 is 9.73 Å². The van der Waals surface area contributed by atoms with E-state index in [1.807, 2.05) is 48.5 Å². The van der Waals surface area contributed by atoms with Gasteiger partial charge in [0.25, 0.3) is 0 Å². The lowest BCUT2D eigenvalue weighted by Crippen LogP contribution is -2.27. The second-order valence-corrected chi connectivity index (χ2v) is 6.78. The van der Waals surface area contributed by atoms with Crippen molar-refractivity contribution in [2.75, 3.05) is 6.54 Å². The maximum absolute atomic E-state index is 12.5. The van der Waals surface area contributed by atoms with E-state index in [0.717, 1.165) is 12.0 Å². The Balaban J connectivity index is 1.58. The third-order valence-electron chi connectivity index (χ3n) is 4.70. The average Bonchev–Trinajstić information content (AvgIpc) is 3.13. The maximum atomic E-state index is 12.5. The minimum atomic E-state index is -0.237. The predicted octanol–water partition coefficient (Wildman–Crippen LogP) is 4.21. The molecule has 0 aliphatic carbocycles. The molecule has 27 heavy (non-hydrogen) atoms. The predicted molar refractivity (Wildman–Crippen MR) is 104 cm³/mol. The summed E-state index contributed by atoms with van der Waals surface area (Å²) in [6.07, 6.45) is 1.18. The minimum absolute atomic E-state index is 0.0139. The number of carbonyl (C=O) groups is 1. The van der Waals surface area contributed by atoms with Gasteiger partial charge in [-0.2, -0.15) is 0 Å². The molecule has 2 unspecified atom stereocenters. The van der Waals surface area contributed by atoms with E-state index in [0.29, 0.717) is 24.2 Å². The van der Waals surface area contributed by atoms with Gasteiger partial charge in [-0.15, -0.1) is 10.2 Å². The quantitative estimate of drug-likeness (QED) is 0.651. The molecule has 140 valence electrons. The van der Waals surface area contributed by atoms with Crippen LogP contribution in [0.2, 0.25) is 0 Å². The van der Waals surface area contributed by atoms with Gasteiger partial charge in [-0.1, -0.05) is 67.6 Å². The maximum Gasteiger partial charge on any atom is 0.224 e. The number of aromatic nitrogens is 2. The molecule has 1 N–H and O–H groups in total. The Labute approximate surface area is 159 Å². The van der Waals surface area contributed by atoms with E-state index >= 15 is 0 Å². The molecule has 2 atom stereocenters. The van der Waals surface area contributed by atoms with Crippen molar-refractivity contribution in [2.45, 2.75) is 38.5 Å². The van der Waals surface area contributed by atoms with Crippen LogP contribution < -0.4 is 5.32 Å². The zero-order valence-electron chi connectivity index (χ0n) is 15.8. The first-order valence-corrected chi connectivity index (χ1v) is 9.30. The van der Waals surface area contributed by atoms with Gasteiger partial charge in [0.1, 0.15) is 0 Å². The third kappa shape index (κ3) is 5.26. The Bertz CT molecular complexity index is 846. The van der Waals surface area contributed by atoms with Crippen molar-refractivity contribution < 1.29 is 9.21 Å². The number of rotatable bonds is 8. The summed E-state index contributed by atoms with van der Waals surface area (Å²) < 4.78 is 5.60. The number of carbonyl (C=O) groups excluding carboxylic acids is 1. The van der Waals surface area contributed by atoms with Crippen molar-refractivity contribution in [3.63, 3.8) is 0 Å². The topological polar surface area (TPSA) is 68.0 Å². The highest BCUT2D eigenvalue weighted by Gasteiger charge is 2.23. The Morgan fingerprint density at radius 2 is 1.63 bits per heavy atom. The number of amides is 1. The van der Waals surface area contributed by atoms with Crippen LogP contribution in [0.3, 0.4) is 0 Å². The van der Waals surface area contributed by atoms with Crippen LogP contribution >= 0.6 is 0 Å². The fraction of sp³-hybridized carbons (Fsp3) is 0.318. The van der Waals surface area contributed by atoms with E-state index in [2.05, 4.69) is 34.6 Å². The fourth-order valence-electron chi connectivity index (χ4n) is 3.12. The zero-order chi connectivity index (χ0) is 19.1. The summed E-state index contributed by atoms with van der Waals surface area (Å²) in [5.74, 6) is 1.13. The molecule has 0 saturated heterocycles. The molecule has 3 rings (SSSR count). The van der Waals surface area contributed by atoms with Crippen LogP contribution in [0.5, 0.6) is 0 Å². The molecule has 0 spiro atoms. The van der Waals surface area contributed by atoms with Gasteiger partial charge in [-0.05, 0) is 23.5 Å². The highest BCUT2D eigenvalue weighted by Crippen LogP contribution is 2.27. The molecule has 0 radical (unpaired) electrons. The molecule has 3 aromatic rings. The fourth-order valence-corrected chi connectivity index (χ4v) is 3.12. The third-order valence-corrected chi connectivity index (χ3v) is 4.70. The summed E-state index contributed by atoms with van der Waals surface area (Å²) in [6.45, 7) is 4.57. The first kappa shape index (κ1) is 18.8. The molecular formula is C22H25N3O2. The van der Waals surface area contributed by atoms with Crippen molar-refractivity contribution in [1.29, 1.82) is 0 Å². The Morgan fingerprint density at radius 3 is 2.22 bits per heavy atom. The minimum Gasteiger partial charge on any atom is -0.425 e. The summed E-state index contributed by atoms with van der Waals surface area (Å²) in [5, 5.41) is 11.1. The first-order valence-electron chi connectivity index (χ1n) is 9.30. The van der Waals surface area contributed by atoms with E-state index in [1.54, 1.807) is 6.92 Å². The highest BCUT2D eigenvalue weighted by atomic mass is 16.4. The van der Waals surface area contributed by atoms with Crippen molar-refractivity contribution in [3.05, 3.63) is 83.6 Å². The van der Waals surface area contributed by atoms with Gasteiger partial charge >= 0.3 is 0 Å². The largest absolute Gasteiger partial charge is 0.425 e. The van der Waals surface area contributed by atoms with E-state index in [1.165, 1.54) is 5.56 Å². The lowest BCUT2D eigenvalue weighted by Gasteiger charge is -2.15. The number of hydrogen-bond acceptors (Lipinski definition) is 4. The second-order valence-electron chi connectivity index (χ2n) is 6.78. The number of nitrogens with one attached hydrogen (secondary N) is 1. The molecule has 1 aromatic heterocycles. The molecule has 0 saturated carbocycles. The van der Waals surface area contributed by atoms with E-state index in [-0.39, 0.29) is 18.2 Å². The van der Waals surface area contributed by atoms with Crippen LogP contribution in [0.15, 0.2) is 65.1 Å². The zero-order valence-corrected chi connectivity index (χ0v) is 15.8. The van der Waals surface area contributed by atoms with Crippen LogP contribution in [0.1, 0.15) is 54.5 Å². The Morgan fingerprint density at radius 1 is 1.00 bits per heavy atom. The lowest BCUT2D eigenvalue weighted by atomic mass is 9.95. The summed E-state index contributed by atoms with van der Waals surface area (Å²) in [7, 11) is 0. The van der Waals surface area contributed by atoms with Crippen LogP contribution in [0.4, 0.5) is 0 Å². The Kier molecular flexibility index (Phi) is 6.36. The average molecular weight is 363 g/mol. The van der Waals surface area contributed by atoms with Crippen molar-refractivity contribution >= 4 is 5.91 Å². The number of aryl methyl sites for hydroxylation is 1. The standard InChI is InChI=1S/C22H25N3O2/c1-16(18-9-5-3-6-10-18)13-14-23-21(26)15-20(19-11-7-4-8-12-19)22-25-24-17(2)27-22/h3-12,16,20H,13-15H2,1-2H3,(H,23,26). The van der Waals surface area contributed by atoms with Crippen LogP contribution in [0.25, 0.3) is 0 Å². The number of nitrogens with zero attached hydrogens (tertiary/aromatic N) is 2. The molecule has 1 amide bonds. The molecule has 5 heteroatoms. The van der Waals surface area contributed by atoms with Crippen molar-refractivity contribution in [2.24, 2.45) is 0 Å². The number of benzene rings is 2. The molecule has 0 fully saturated rings. The normalized spacial score (nSPS) is 13.1. The van der Waals surface area contributed by atoms with E-state index in [9.17, 15) is 4.79 Å². The smallest absolute Gasteiger partial charge is 0.224 e. The van der Waals surface area contributed by atoms with Crippen LogP contribution in [0, 0.1) is 6.92 Å². The van der Waals surface area contributed by atoms with Gasteiger partial charge in [0.2, 0.25) is 17.7 Å². The van der Waals surface area contributed by atoms with Crippen molar-refractivity contribution in [1.82, 2.24) is 15.5 Å². The summed E-state index contributed by atoms with van der Waals surface area (Å²) >= 11 is 0. The molecule has 1 heterocycles. The van der Waals surface area contributed by atoms with Crippen molar-refractivity contribution in [3.8, 4) is 0 Å².